The zero-order chi connectivity index (χ0) is 25.9. The molecule has 3 aromatic rings. The summed E-state index contributed by atoms with van der Waals surface area (Å²) in [6.07, 6.45) is 4.64. The zero-order valence-electron chi connectivity index (χ0n) is 19.5. The molecule has 0 saturated carbocycles. The Balaban J connectivity index is 0.00000380. The van der Waals surface area contributed by atoms with Crippen molar-refractivity contribution in [3.8, 4) is 11.5 Å². The molecule has 2 N–H and O–H groups in total. The van der Waals surface area contributed by atoms with Gasteiger partial charge < -0.3 is 24.2 Å². The number of rotatable bonds is 8. The van der Waals surface area contributed by atoms with E-state index in [0.29, 0.717) is 5.76 Å². The Bertz CT molecular complexity index is 1510. The molecule has 0 fully saturated rings. The number of carbonyl (C=O) groups is 2. The van der Waals surface area contributed by atoms with Crippen LogP contribution >= 0.6 is 0 Å². The molecule has 1 aliphatic carbocycles. The molecule has 1 unspecified atom stereocenters. The fraction of sp³-hybridized carbons (Fsp3) is 0.0769. The fourth-order valence-electron chi connectivity index (χ4n) is 3.78. The predicted octanol–water partition coefficient (Wildman–Crippen LogP) is 1.19. The largest absolute Gasteiger partial charge is 1.00 e. The average Bonchev–Trinajstić information content (AvgIpc) is 2.85. The summed E-state index contributed by atoms with van der Waals surface area (Å²) in [5.41, 5.74) is -1.41. The van der Waals surface area contributed by atoms with Gasteiger partial charge in [-0.1, -0.05) is 30.3 Å². The molecule has 37 heavy (non-hydrogen) atoms. The van der Waals surface area contributed by atoms with E-state index in [2.05, 4.69) is 0 Å². The number of carboxylic acid groups (broad SMARTS) is 2. The van der Waals surface area contributed by atoms with Gasteiger partial charge in [-0.15, -0.1) is 0 Å². The summed E-state index contributed by atoms with van der Waals surface area (Å²) in [6.45, 7) is 0. The second-order valence-corrected chi connectivity index (χ2v) is 9.20. The van der Waals surface area contributed by atoms with Crippen molar-refractivity contribution >= 4 is 22.1 Å². The molecule has 9 nitrogen and oxygen atoms in total. The number of benzene rings is 3. The Morgan fingerprint density at radius 1 is 0.865 bits per heavy atom. The molecular weight excluding hydrogens is 511 g/mol. The van der Waals surface area contributed by atoms with E-state index < -0.39 is 32.6 Å². The first kappa shape index (κ1) is 28.2. The van der Waals surface area contributed by atoms with Gasteiger partial charge in [0, 0.05) is 12.0 Å². The van der Waals surface area contributed by atoms with Gasteiger partial charge in [0.2, 0.25) is 0 Å². The first-order valence-electron chi connectivity index (χ1n) is 10.6. The van der Waals surface area contributed by atoms with Crippen molar-refractivity contribution in [2.45, 2.75) is 16.9 Å². The SMILES string of the molecule is O=C(O)c1cccc(OC2=CCC(Oc3cccc(C(=O)O)c3)(c3ccccc3S(=O)(=O)[O-])C=C2)c1.[Na+]. The van der Waals surface area contributed by atoms with Crippen molar-refractivity contribution in [1.82, 2.24) is 0 Å². The first-order chi connectivity index (χ1) is 17.1. The fourth-order valence-corrected chi connectivity index (χ4v) is 4.53. The van der Waals surface area contributed by atoms with Crippen LogP contribution in [0.25, 0.3) is 0 Å². The summed E-state index contributed by atoms with van der Waals surface area (Å²) in [4.78, 5) is 22.2. The summed E-state index contributed by atoms with van der Waals surface area (Å²) in [5, 5.41) is 18.5. The van der Waals surface area contributed by atoms with Gasteiger partial charge in [-0.25, -0.2) is 18.0 Å². The maximum Gasteiger partial charge on any atom is 1.00 e. The topological polar surface area (TPSA) is 150 Å². The minimum atomic E-state index is -4.88. The first-order valence-corrected chi connectivity index (χ1v) is 12.0. The molecule has 11 heteroatoms. The molecule has 0 bridgehead atoms. The van der Waals surface area contributed by atoms with Gasteiger partial charge in [0.05, 0.1) is 16.0 Å². The molecule has 0 amide bonds. The molecular formula is C26H19NaO9S. The van der Waals surface area contributed by atoms with E-state index >= 15 is 0 Å². The summed E-state index contributed by atoms with van der Waals surface area (Å²) in [6, 6.07) is 17.2. The van der Waals surface area contributed by atoms with Crippen molar-refractivity contribution in [3.63, 3.8) is 0 Å². The van der Waals surface area contributed by atoms with Crippen molar-refractivity contribution in [3.05, 3.63) is 113 Å². The Hall–Kier alpha value is -3.41. The normalized spacial score (nSPS) is 16.7. The Morgan fingerprint density at radius 2 is 1.46 bits per heavy atom. The summed E-state index contributed by atoms with van der Waals surface area (Å²) < 4.78 is 48.0. The van der Waals surface area contributed by atoms with Gasteiger partial charge >= 0.3 is 41.5 Å². The Labute approximate surface area is 234 Å². The van der Waals surface area contributed by atoms with Crippen molar-refractivity contribution in [1.29, 1.82) is 0 Å². The third-order valence-electron chi connectivity index (χ3n) is 5.43. The van der Waals surface area contributed by atoms with E-state index in [9.17, 15) is 32.8 Å². The van der Waals surface area contributed by atoms with Gasteiger partial charge in [0.25, 0.3) is 0 Å². The third kappa shape index (κ3) is 6.48. The second-order valence-electron chi connectivity index (χ2n) is 7.85. The average molecular weight is 530 g/mol. The van der Waals surface area contributed by atoms with Crippen LogP contribution in [0.5, 0.6) is 11.5 Å². The Kier molecular flexibility index (Phi) is 8.62. The van der Waals surface area contributed by atoms with E-state index in [-0.39, 0.29) is 64.2 Å². The van der Waals surface area contributed by atoms with Crippen LogP contribution < -0.4 is 39.0 Å². The summed E-state index contributed by atoms with van der Waals surface area (Å²) in [5.74, 6) is -1.53. The van der Waals surface area contributed by atoms with Crippen molar-refractivity contribution < 1.29 is 71.8 Å². The van der Waals surface area contributed by atoms with Crippen LogP contribution in [0.4, 0.5) is 0 Å². The quantitative estimate of drug-likeness (QED) is 0.323. The third-order valence-corrected chi connectivity index (χ3v) is 6.33. The smallest absolute Gasteiger partial charge is 0.744 e. The van der Waals surface area contributed by atoms with E-state index in [0.717, 1.165) is 0 Å². The van der Waals surface area contributed by atoms with Crippen molar-refractivity contribution in [2.75, 3.05) is 0 Å². The van der Waals surface area contributed by atoms with E-state index in [1.54, 1.807) is 18.2 Å². The molecule has 3 aromatic carbocycles. The van der Waals surface area contributed by atoms with Gasteiger partial charge in [-0.05, 0) is 60.7 Å². The standard InChI is InChI=1S/C26H20O9S.Na/c27-24(28)17-5-3-7-20(15-17)34-19-11-13-26(14-12-19,22-9-1-2-10-23(22)36(31,32)33)35-21-8-4-6-18(16-21)25(29)30;/h1-13,15-16H,14H2,(H,27,28)(H,29,30)(H,31,32,33);/q;+1/p-1. The number of aromatic carboxylic acids is 2. The molecule has 4 rings (SSSR count). The second kappa shape index (κ2) is 11.3. The molecule has 0 aliphatic heterocycles. The van der Waals surface area contributed by atoms with Gasteiger partial charge in [-0.3, -0.25) is 0 Å². The van der Waals surface area contributed by atoms with E-state index in [1.165, 1.54) is 72.8 Å². The van der Waals surface area contributed by atoms with Gasteiger partial charge in [0.15, 0.2) is 5.60 Å². The maximum atomic E-state index is 12.0. The number of hydrogen-bond acceptors (Lipinski definition) is 7. The number of carboxylic acids is 2. The summed E-state index contributed by atoms with van der Waals surface area (Å²) >= 11 is 0. The molecule has 1 atom stereocenters. The van der Waals surface area contributed by atoms with E-state index in [1.807, 2.05) is 0 Å². The van der Waals surface area contributed by atoms with E-state index in [4.69, 9.17) is 9.47 Å². The Morgan fingerprint density at radius 3 is 2.03 bits per heavy atom. The maximum absolute atomic E-state index is 12.0. The molecule has 0 radical (unpaired) electrons. The van der Waals surface area contributed by atoms with Gasteiger partial charge in [0.1, 0.15) is 27.4 Å². The number of hydrogen-bond donors (Lipinski definition) is 2. The van der Waals surface area contributed by atoms with Crippen molar-refractivity contribution in [2.24, 2.45) is 0 Å². The molecule has 1 aliphatic rings. The van der Waals surface area contributed by atoms with Crippen LogP contribution in [0, 0.1) is 0 Å². The molecule has 0 aromatic heterocycles. The van der Waals surface area contributed by atoms with Crippen LogP contribution in [0.3, 0.4) is 0 Å². The van der Waals surface area contributed by atoms with Crippen LogP contribution in [0.2, 0.25) is 0 Å². The molecule has 0 spiro atoms. The van der Waals surface area contributed by atoms with Crippen LogP contribution in [0.1, 0.15) is 32.7 Å². The molecule has 184 valence electrons. The molecule has 0 heterocycles. The minimum absolute atomic E-state index is 0. The zero-order valence-corrected chi connectivity index (χ0v) is 22.3. The van der Waals surface area contributed by atoms with Crippen LogP contribution in [-0.2, 0) is 15.7 Å². The minimum Gasteiger partial charge on any atom is -0.744 e. The monoisotopic (exact) mass is 530 g/mol. The summed E-state index contributed by atoms with van der Waals surface area (Å²) in [7, 11) is -4.88. The predicted molar refractivity (Wildman–Crippen MR) is 126 cm³/mol. The van der Waals surface area contributed by atoms with Gasteiger partial charge in [-0.2, -0.15) is 0 Å². The molecule has 0 saturated heterocycles. The van der Waals surface area contributed by atoms with Crippen LogP contribution in [0.15, 0.2) is 102 Å². The number of ether oxygens (including phenoxy) is 2. The van der Waals surface area contributed by atoms with Crippen LogP contribution in [-0.4, -0.2) is 35.1 Å². The number of allylic oxidation sites excluding steroid dienone is 1.